The average molecular weight is 111 g/mol. The molecule has 3 heteroatoms. The van der Waals surface area contributed by atoms with Crippen molar-refractivity contribution in [1.82, 2.24) is 0 Å². The zero-order valence-corrected chi connectivity index (χ0v) is 4.10. The van der Waals surface area contributed by atoms with E-state index in [4.69, 9.17) is 5.21 Å². The maximum absolute atomic E-state index is 7.92. The van der Waals surface area contributed by atoms with Gasteiger partial charge in [-0.3, -0.25) is 0 Å². The third kappa shape index (κ3) is 6.47. The molecular formula is C4H10NNaO. The van der Waals surface area contributed by atoms with Crippen LogP contribution in [-0.4, -0.2) is 40.5 Å². The molecule has 0 aliphatic carbocycles. The molecule has 1 N–H and O–H groups in total. The third-order valence-electron chi connectivity index (χ3n) is 0.682. The van der Waals surface area contributed by atoms with Gasteiger partial charge in [0.15, 0.2) is 0 Å². The van der Waals surface area contributed by atoms with Crippen LogP contribution in [-0.2, 0) is 0 Å². The maximum atomic E-state index is 7.92. The summed E-state index contributed by atoms with van der Waals surface area (Å²) in [4.78, 5) is 0. The van der Waals surface area contributed by atoms with Crippen LogP contribution < -0.4 is 0 Å². The topological polar surface area (TPSA) is 32.6 Å². The molecule has 0 fully saturated rings. The van der Waals surface area contributed by atoms with E-state index >= 15 is 0 Å². The molecule has 0 aromatic rings. The molecule has 0 bridgehead atoms. The predicted octanol–water partition coefficient (Wildman–Crippen LogP) is 0.598. The normalized spacial score (nSPS) is 10.3. The first kappa shape index (κ1) is 10.5. The number of hydrogen-bond donors (Lipinski definition) is 1. The molecule has 0 spiro atoms. The SMILES string of the molecule is CCC(C)=NO.[NaH]. The van der Waals surface area contributed by atoms with Crippen LogP contribution in [0, 0.1) is 0 Å². The van der Waals surface area contributed by atoms with Gasteiger partial charge in [0.25, 0.3) is 0 Å². The van der Waals surface area contributed by atoms with Crippen LogP contribution in [0.5, 0.6) is 0 Å². The zero-order chi connectivity index (χ0) is 4.99. The first-order chi connectivity index (χ1) is 2.81. The second kappa shape index (κ2) is 6.47. The van der Waals surface area contributed by atoms with Gasteiger partial charge in [-0.2, -0.15) is 0 Å². The average Bonchev–Trinajstić information content (AvgIpc) is 1.65. The summed E-state index contributed by atoms with van der Waals surface area (Å²) in [5, 5.41) is 10.8. The molecule has 7 heavy (non-hydrogen) atoms. The summed E-state index contributed by atoms with van der Waals surface area (Å²) in [7, 11) is 0. The molecule has 0 amide bonds. The monoisotopic (exact) mass is 111 g/mol. The van der Waals surface area contributed by atoms with Crippen molar-refractivity contribution in [1.29, 1.82) is 0 Å². The Balaban J connectivity index is 0. The summed E-state index contributed by atoms with van der Waals surface area (Å²) in [6.45, 7) is 3.72. The van der Waals surface area contributed by atoms with E-state index < -0.39 is 0 Å². The van der Waals surface area contributed by atoms with Gasteiger partial charge in [-0.05, 0) is 13.3 Å². The van der Waals surface area contributed by atoms with E-state index in [2.05, 4.69) is 5.16 Å². The Hall–Kier alpha value is 0.470. The molecule has 0 aromatic carbocycles. The van der Waals surface area contributed by atoms with Gasteiger partial charge in [0.2, 0.25) is 0 Å². The van der Waals surface area contributed by atoms with Gasteiger partial charge in [0.05, 0.1) is 5.71 Å². The second-order valence-corrected chi connectivity index (χ2v) is 1.19. The molecule has 0 atom stereocenters. The first-order valence-electron chi connectivity index (χ1n) is 1.98. The van der Waals surface area contributed by atoms with Crippen molar-refractivity contribution in [2.45, 2.75) is 20.3 Å². The Morgan fingerprint density at radius 3 is 2.14 bits per heavy atom. The minimum atomic E-state index is 0. The summed E-state index contributed by atoms with van der Waals surface area (Å²) in [6, 6.07) is 0. The molecule has 0 rings (SSSR count). The van der Waals surface area contributed by atoms with E-state index in [0.717, 1.165) is 12.1 Å². The molecule has 0 radical (unpaired) electrons. The van der Waals surface area contributed by atoms with Crippen molar-refractivity contribution in [2.24, 2.45) is 5.16 Å². The summed E-state index contributed by atoms with van der Waals surface area (Å²) in [6.07, 6.45) is 0.830. The Morgan fingerprint density at radius 2 is 2.14 bits per heavy atom. The van der Waals surface area contributed by atoms with Crippen molar-refractivity contribution in [3.8, 4) is 0 Å². The van der Waals surface area contributed by atoms with Crippen LogP contribution in [0.15, 0.2) is 5.16 Å². The van der Waals surface area contributed by atoms with Gasteiger partial charge < -0.3 is 5.21 Å². The van der Waals surface area contributed by atoms with Crippen LogP contribution in [0.25, 0.3) is 0 Å². The van der Waals surface area contributed by atoms with Gasteiger partial charge >= 0.3 is 29.6 Å². The Labute approximate surface area is 65.9 Å². The molecule has 0 aliphatic rings. The minimum absolute atomic E-state index is 0. The van der Waals surface area contributed by atoms with Gasteiger partial charge in [0, 0.05) is 0 Å². The standard InChI is InChI=1S/C4H9NO.Na.H/c1-3-4(2)5-6;;/h6H,3H2,1-2H3;;. The Kier molecular flexibility index (Phi) is 9.66. The van der Waals surface area contributed by atoms with Crippen LogP contribution in [0.1, 0.15) is 20.3 Å². The van der Waals surface area contributed by atoms with E-state index in [9.17, 15) is 0 Å². The molecule has 0 aromatic heterocycles. The van der Waals surface area contributed by atoms with Gasteiger partial charge in [0.1, 0.15) is 0 Å². The second-order valence-electron chi connectivity index (χ2n) is 1.19. The summed E-state index contributed by atoms with van der Waals surface area (Å²) in [5.74, 6) is 0. The van der Waals surface area contributed by atoms with Gasteiger partial charge in [-0.25, -0.2) is 0 Å². The molecule has 0 unspecified atom stereocenters. The van der Waals surface area contributed by atoms with Crippen molar-refractivity contribution in [2.75, 3.05) is 0 Å². The van der Waals surface area contributed by atoms with Crippen molar-refractivity contribution in [3.63, 3.8) is 0 Å². The molecule has 38 valence electrons. The fourth-order valence-electron chi connectivity index (χ4n) is 0.0707. The molecule has 0 saturated carbocycles. The third-order valence-corrected chi connectivity index (χ3v) is 0.682. The quantitative estimate of drug-likeness (QED) is 0.228. The number of oxime groups is 1. The molecule has 2 nitrogen and oxygen atoms in total. The van der Waals surface area contributed by atoms with Gasteiger partial charge in [-0.1, -0.05) is 12.1 Å². The van der Waals surface area contributed by atoms with E-state index in [1.807, 2.05) is 6.92 Å². The summed E-state index contributed by atoms with van der Waals surface area (Å²) < 4.78 is 0. The predicted molar refractivity (Wildman–Crippen MR) is 32.3 cm³/mol. The zero-order valence-electron chi connectivity index (χ0n) is 4.10. The first-order valence-corrected chi connectivity index (χ1v) is 1.98. The summed E-state index contributed by atoms with van der Waals surface area (Å²) in [5.41, 5.74) is 0.773. The van der Waals surface area contributed by atoms with Crippen molar-refractivity contribution >= 4 is 35.3 Å². The van der Waals surface area contributed by atoms with Crippen LogP contribution in [0.3, 0.4) is 0 Å². The van der Waals surface area contributed by atoms with E-state index in [1.165, 1.54) is 0 Å². The number of hydrogen-bond acceptors (Lipinski definition) is 2. The fraction of sp³-hybridized carbons (Fsp3) is 0.750. The van der Waals surface area contributed by atoms with Crippen LogP contribution in [0.2, 0.25) is 0 Å². The van der Waals surface area contributed by atoms with Crippen molar-refractivity contribution in [3.05, 3.63) is 0 Å². The summed E-state index contributed by atoms with van der Waals surface area (Å²) >= 11 is 0. The van der Waals surface area contributed by atoms with E-state index in [-0.39, 0.29) is 29.6 Å². The Bertz CT molecular complexity index is 62.7. The number of nitrogens with zero attached hydrogens (tertiary/aromatic N) is 1. The molecule has 0 saturated heterocycles. The molecule has 0 aliphatic heterocycles. The van der Waals surface area contributed by atoms with Gasteiger partial charge in [-0.15, -0.1) is 0 Å². The Morgan fingerprint density at radius 1 is 1.71 bits per heavy atom. The molecular weight excluding hydrogens is 101 g/mol. The number of rotatable bonds is 1. The molecule has 0 heterocycles. The van der Waals surface area contributed by atoms with E-state index in [1.54, 1.807) is 6.92 Å². The fourth-order valence-corrected chi connectivity index (χ4v) is 0.0707. The van der Waals surface area contributed by atoms with E-state index in [0.29, 0.717) is 0 Å². The van der Waals surface area contributed by atoms with Crippen molar-refractivity contribution < 1.29 is 5.21 Å². The van der Waals surface area contributed by atoms with Crippen LogP contribution >= 0.6 is 0 Å². The van der Waals surface area contributed by atoms with Crippen LogP contribution in [0.4, 0.5) is 0 Å².